The number of carbonyl (C=O) groups excluding carboxylic acids is 2. The first kappa shape index (κ1) is 27.8. The van der Waals surface area contributed by atoms with Gasteiger partial charge in [-0.3, -0.25) is 9.59 Å². The molecule has 0 aliphatic heterocycles. The molecule has 33 heavy (non-hydrogen) atoms. The van der Waals surface area contributed by atoms with Crippen LogP contribution in [0.3, 0.4) is 0 Å². The molecule has 0 N–H and O–H groups in total. The number of methoxy groups -OCH3 is 1. The van der Waals surface area contributed by atoms with Crippen molar-refractivity contribution in [3.63, 3.8) is 0 Å². The van der Waals surface area contributed by atoms with Crippen molar-refractivity contribution in [3.8, 4) is 0 Å². The topological polar surface area (TPSA) is 52.6 Å². The van der Waals surface area contributed by atoms with E-state index in [1.807, 2.05) is 6.08 Å². The Bertz CT molecular complexity index is 800. The zero-order valence-corrected chi connectivity index (χ0v) is 23.4. The molecule has 1 saturated carbocycles. The number of Topliss-reactive ketones (excluding diaryl/α,β-unsaturated/α-hetero) is 1. The second kappa shape index (κ2) is 9.65. The molecular formula is C28H46O4Si. The summed E-state index contributed by atoms with van der Waals surface area (Å²) in [6.45, 7) is 25.9. The largest absolute Gasteiger partial charge is 0.500 e. The number of ether oxygens (including phenoxy) is 1. The van der Waals surface area contributed by atoms with Crippen LogP contribution < -0.4 is 0 Å². The van der Waals surface area contributed by atoms with Gasteiger partial charge in [0.25, 0.3) is 0 Å². The van der Waals surface area contributed by atoms with Crippen LogP contribution in [0.5, 0.6) is 0 Å². The Morgan fingerprint density at radius 1 is 1.06 bits per heavy atom. The van der Waals surface area contributed by atoms with E-state index in [9.17, 15) is 9.59 Å². The fourth-order valence-electron chi connectivity index (χ4n) is 7.23. The van der Waals surface area contributed by atoms with Crippen molar-refractivity contribution in [1.29, 1.82) is 0 Å². The van der Waals surface area contributed by atoms with Crippen LogP contribution in [0.4, 0.5) is 0 Å². The lowest BCUT2D eigenvalue weighted by Gasteiger charge is -2.61. The smallest absolute Gasteiger partial charge is 0.200 e. The summed E-state index contributed by atoms with van der Waals surface area (Å²) in [6, 6.07) is 0. The maximum Gasteiger partial charge on any atom is 0.200 e. The Morgan fingerprint density at radius 3 is 2.03 bits per heavy atom. The molecule has 0 unspecified atom stereocenters. The fourth-order valence-corrected chi connectivity index (χ4v) is 12.7. The molecule has 2 aliphatic carbocycles. The maximum absolute atomic E-state index is 14.5. The first-order chi connectivity index (χ1) is 15.3. The second-order valence-corrected chi connectivity index (χ2v) is 17.1. The van der Waals surface area contributed by atoms with E-state index >= 15 is 0 Å². The molecule has 0 amide bonds. The molecule has 2 rings (SSSR count). The lowest BCUT2D eigenvalue weighted by atomic mass is 9.42. The summed E-state index contributed by atoms with van der Waals surface area (Å²) in [5, 5.41) is 0. The van der Waals surface area contributed by atoms with Gasteiger partial charge >= 0.3 is 0 Å². The van der Waals surface area contributed by atoms with E-state index in [1.165, 1.54) is 0 Å². The highest BCUT2D eigenvalue weighted by molar-refractivity contribution is 6.77. The predicted molar refractivity (Wildman–Crippen MR) is 138 cm³/mol. The number of hydrogen-bond acceptors (Lipinski definition) is 4. The molecule has 5 heteroatoms. The van der Waals surface area contributed by atoms with Crippen LogP contribution in [0, 0.1) is 22.2 Å². The van der Waals surface area contributed by atoms with Crippen LogP contribution in [0.1, 0.15) is 74.7 Å². The van der Waals surface area contributed by atoms with Gasteiger partial charge in [-0.2, -0.15) is 0 Å². The summed E-state index contributed by atoms with van der Waals surface area (Å²) < 4.78 is 12.9. The zero-order valence-electron chi connectivity index (χ0n) is 22.4. The zero-order chi connectivity index (χ0) is 25.4. The Balaban J connectivity index is 2.80. The van der Waals surface area contributed by atoms with E-state index in [0.717, 1.165) is 6.42 Å². The number of rotatable bonds is 11. The third-order valence-corrected chi connectivity index (χ3v) is 15.2. The third kappa shape index (κ3) is 3.83. The van der Waals surface area contributed by atoms with E-state index in [1.54, 1.807) is 19.3 Å². The van der Waals surface area contributed by atoms with Crippen LogP contribution in [-0.4, -0.2) is 33.6 Å². The van der Waals surface area contributed by atoms with Gasteiger partial charge in [0.15, 0.2) is 19.9 Å². The van der Waals surface area contributed by atoms with Gasteiger partial charge in [-0.1, -0.05) is 67.5 Å². The van der Waals surface area contributed by atoms with Gasteiger partial charge in [0.05, 0.1) is 19.1 Å². The van der Waals surface area contributed by atoms with Crippen molar-refractivity contribution < 1.29 is 18.8 Å². The molecule has 0 aromatic carbocycles. The minimum Gasteiger partial charge on any atom is -0.500 e. The average Bonchev–Trinajstić information content (AvgIpc) is 2.71. The molecule has 0 spiro atoms. The monoisotopic (exact) mass is 474 g/mol. The first-order valence-corrected chi connectivity index (χ1v) is 14.6. The molecule has 0 saturated heterocycles. The quantitative estimate of drug-likeness (QED) is 0.183. The van der Waals surface area contributed by atoms with Gasteiger partial charge < -0.3 is 9.16 Å². The first-order valence-electron chi connectivity index (χ1n) is 12.5. The van der Waals surface area contributed by atoms with Crippen molar-refractivity contribution in [3.05, 3.63) is 37.1 Å². The highest BCUT2D eigenvalue weighted by Crippen LogP contribution is 2.65. The molecule has 3 atom stereocenters. The van der Waals surface area contributed by atoms with Crippen LogP contribution in [0.2, 0.25) is 16.6 Å². The Morgan fingerprint density at radius 2 is 1.61 bits per heavy atom. The summed E-state index contributed by atoms with van der Waals surface area (Å²) in [7, 11) is -0.699. The van der Waals surface area contributed by atoms with E-state index in [2.05, 4.69) is 68.5 Å². The Hall–Kier alpha value is -1.46. The minimum absolute atomic E-state index is 0.0521. The van der Waals surface area contributed by atoms with Gasteiger partial charge in [-0.25, -0.2) is 0 Å². The third-order valence-electron chi connectivity index (χ3n) is 9.10. The van der Waals surface area contributed by atoms with Crippen molar-refractivity contribution >= 4 is 19.9 Å². The SMILES string of the molecule is C=CC[C@H]1C[C@]2(CC=C)C(=O)C=C(OC)[C@@](CO[Si](C(C)C)(C(C)C)C(C)C)(C2=O)C1(C)C. The molecule has 2 bridgehead atoms. The second-order valence-electron chi connectivity index (χ2n) is 11.6. The standard InChI is InChI=1S/C28H46O4Si/c1-12-14-22-17-27(15-13-2)23(29)16-24(31-11)28(25(27)30,26(22,9)10)18-32-33(19(3)4,20(5)6)21(7)8/h12-13,16,19-22H,1-2,14-15,17-18H2,3-11H3/t22-,27+,28-/m0/s1. The normalized spacial score (nSPS) is 29.5. The summed E-state index contributed by atoms with van der Waals surface area (Å²) in [5.41, 5.74) is -1.44. The number of ketones is 2. The summed E-state index contributed by atoms with van der Waals surface area (Å²) in [5.74, 6) is 0.329. The highest BCUT2D eigenvalue weighted by Gasteiger charge is 2.71. The van der Waals surface area contributed by atoms with Gasteiger partial charge in [-0.15, -0.1) is 13.2 Å². The van der Waals surface area contributed by atoms with Gasteiger partial charge in [0.2, 0.25) is 0 Å². The fraction of sp³-hybridized carbons (Fsp3) is 0.714. The lowest BCUT2D eigenvalue weighted by molar-refractivity contribution is -0.174. The average molecular weight is 475 g/mol. The van der Waals surface area contributed by atoms with Crippen molar-refractivity contribution in [1.82, 2.24) is 0 Å². The van der Waals surface area contributed by atoms with Crippen molar-refractivity contribution in [2.24, 2.45) is 22.2 Å². The number of fused-ring (bicyclic) bond motifs is 2. The molecule has 0 aromatic heterocycles. The van der Waals surface area contributed by atoms with E-state index < -0.39 is 24.6 Å². The summed E-state index contributed by atoms with van der Waals surface area (Å²) >= 11 is 0. The van der Waals surface area contributed by atoms with Crippen LogP contribution in [0.15, 0.2) is 37.1 Å². The predicted octanol–water partition coefficient (Wildman–Crippen LogP) is 7.03. The highest BCUT2D eigenvalue weighted by atomic mass is 28.4. The Kier molecular flexibility index (Phi) is 8.13. The number of carbonyl (C=O) groups is 2. The Labute approximate surface area is 203 Å². The van der Waals surface area contributed by atoms with Gasteiger partial charge in [-0.05, 0) is 47.2 Å². The number of allylic oxidation sites excluding steroid dienone is 3. The van der Waals surface area contributed by atoms with Crippen molar-refractivity contribution in [2.45, 2.75) is 91.3 Å². The van der Waals surface area contributed by atoms with Crippen LogP contribution >= 0.6 is 0 Å². The van der Waals surface area contributed by atoms with E-state index in [0.29, 0.717) is 35.2 Å². The molecule has 0 radical (unpaired) electrons. The maximum atomic E-state index is 14.5. The van der Waals surface area contributed by atoms with E-state index in [-0.39, 0.29) is 24.1 Å². The van der Waals surface area contributed by atoms with E-state index in [4.69, 9.17) is 9.16 Å². The molecular weight excluding hydrogens is 428 g/mol. The van der Waals surface area contributed by atoms with Crippen LogP contribution in [-0.2, 0) is 18.8 Å². The molecule has 1 fully saturated rings. The molecule has 186 valence electrons. The summed E-state index contributed by atoms with van der Waals surface area (Å²) in [4.78, 5) is 28.0. The molecule has 2 aliphatic rings. The van der Waals surface area contributed by atoms with Crippen LogP contribution in [0.25, 0.3) is 0 Å². The molecule has 0 aromatic rings. The van der Waals surface area contributed by atoms with Gasteiger partial charge in [0, 0.05) is 6.08 Å². The van der Waals surface area contributed by atoms with Crippen molar-refractivity contribution in [2.75, 3.05) is 13.7 Å². The lowest BCUT2D eigenvalue weighted by Crippen LogP contribution is -2.67. The molecule has 0 heterocycles. The molecule has 4 nitrogen and oxygen atoms in total. The minimum atomic E-state index is -2.27. The number of hydrogen-bond donors (Lipinski definition) is 0. The van der Waals surface area contributed by atoms with Gasteiger partial charge in [0.1, 0.15) is 11.2 Å². The summed E-state index contributed by atoms with van der Waals surface area (Å²) in [6.07, 6.45) is 6.78.